The third-order valence-electron chi connectivity index (χ3n) is 4.61. The smallest absolute Gasteiger partial charge is 0.205 e. The number of fused-ring (bicyclic) bond motifs is 1. The Kier molecular flexibility index (Phi) is 4.79. The number of carbonyl (C=O) groups excluding carboxylic acids is 3. The fourth-order valence-electron chi connectivity index (χ4n) is 3.27. The first kappa shape index (κ1) is 19.1. The second kappa shape index (κ2) is 6.78. The normalized spacial score (nSPS) is 14.3. The van der Waals surface area contributed by atoms with Gasteiger partial charge in [-0.3, -0.25) is 14.4 Å². The maximum absolute atomic E-state index is 13.1. The number of allylic oxidation sites excluding steroid dienone is 2. The highest BCUT2D eigenvalue weighted by molar-refractivity contribution is 6.56. The summed E-state index contributed by atoms with van der Waals surface area (Å²) in [5.41, 5.74) is 1.83. The van der Waals surface area contributed by atoms with Gasteiger partial charge in [0.2, 0.25) is 5.78 Å². The first-order chi connectivity index (χ1) is 12.7. The van der Waals surface area contributed by atoms with Gasteiger partial charge in [-0.2, -0.15) is 0 Å². The maximum Gasteiger partial charge on any atom is 0.205 e. The lowest BCUT2D eigenvalue weighted by Crippen LogP contribution is -2.20. The molecule has 0 N–H and O–H groups in total. The molecule has 0 aromatic heterocycles. The van der Waals surface area contributed by atoms with Crippen LogP contribution >= 0.6 is 11.6 Å². The number of methoxy groups -OCH3 is 1. The van der Waals surface area contributed by atoms with Crippen LogP contribution in [0.3, 0.4) is 0 Å². The van der Waals surface area contributed by atoms with Crippen molar-refractivity contribution in [2.24, 2.45) is 0 Å². The van der Waals surface area contributed by atoms with E-state index in [0.29, 0.717) is 28.7 Å². The Bertz CT molecular complexity index is 1010. The van der Waals surface area contributed by atoms with Gasteiger partial charge in [0, 0.05) is 16.7 Å². The molecule has 0 saturated heterocycles. The third kappa shape index (κ3) is 3.10. The molecule has 2 aromatic carbocycles. The number of aldehydes is 1. The highest BCUT2D eigenvalue weighted by Crippen LogP contribution is 2.40. The van der Waals surface area contributed by atoms with Gasteiger partial charge < -0.3 is 4.74 Å². The van der Waals surface area contributed by atoms with Crippen LogP contribution in [0.15, 0.2) is 41.4 Å². The average Bonchev–Trinajstić information content (AvgIpc) is 2.64. The summed E-state index contributed by atoms with van der Waals surface area (Å²) in [4.78, 5) is 37.4. The van der Waals surface area contributed by atoms with Gasteiger partial charge >= 0.3 is 0 Å². The Morgan fingerprint density at radius 2 is 1.59 bits per heavy atom. The van der Waals surface area contributed by atoms with Gasteiger partial charge in [-0.15, -0.1) is 0 Å². The first-order valence-electron chi connectivity index (χ1n) is 8.47. The lowest BCUT2D eigenvalue weighted by atomic mass is 9.80. The van der Waals surface area contributed by atoms with Crippen LogP contribution in [0.1, 0.15) is 63.0 Å². The molecule has 0 saturated carbocycles. The third-order valence-corrected chi connectivity index (χ3v) is 4.97. The molecule has 2 aromatic rings. The van der Waals surface area contributed by atoms with E-state index in [1.807, 2.05) is 20.8 Å². The molecule has 0 aliphatic heterocycles. The number of halogens is 1. The lowest BCUT2D eigenvalue weighted by molar-refractivity contribution is 0.0998. The molecule has 1 aliphatic rings. The fourth-order valence-corrected chi connectivity index (χ4v) is 3.57. The number of hydrogen-bond acceptors (Lipinski definition) is 4. The van der Waals surface area contributed by atoms with Crippen molar-refractivity contribution in [3.63, 3.8) is 0 Å². The van der Waals surface area contributed by atoms with E-state index in [4.69, 9.17) is 16.3 Å². The number of benzene rings is 2. The van der Waals surface area contributed by atoms with E-state index in [-0.39, 0.29) is 27.4 Å². The molecule has 5 heteroatoms. The molecule has 0 unspecified atom stereocenters. The van der Waals surface area contributed by atoms with Gasteiger partial charge in [0.15, 0.2) is 12.1 Å². The Morgan fingerprint density at radius 3 is 2.11 bits per heavy atom. The topological polar surface area (TPSA) is 60.4 Å². The predicted molar refractivity (Wildman–Crippen MR) is 105 cm³/mol. The van der Waals surface area contributed by atoms with E-state index in [1.165, 1.54) is 13.2 Å². The molecule has 0 bridgehead atoms. The minimum absolute atomic E-state index is 0.108. The molecule has 0 spiro atoms. The van der Waals surface area contributed by atoms with Crippen molar-refractivity contribution < 1.29 is 19.1 Å². The summed E-state index contributed by atoms with van der Waals surface area (Å²) < 4.78 is 5.44. The second-order valence-corrected chi connectivity index (χ2v) is 7.78. The van der Waals surface area contributed by atoms with Crippen molar-refractivity contribution in [3.05, 3.63) is 69.2 Å². The minimum atomic E-state index is -0.400. The van der Waals surface area contributed by atoms with Crippen LogP contribution in [-0.2, 0) is 5.41 Å². The molecular weight excluding hydrogens is 364 g/mol. The number of Topliss-reactive ketones (excluding diaryl/α,β-unsaturated/α-hetero) is 2. The van der Waals surface area contributed by atoms with Gasteiger partial charge in [0.1, 0.15) is 10.8 Å². The Labute approximate surface area is 162 Å². The second-order valence-electron chi connectivity index (χ2n) is 7.41. The molecule has 3 rings (SSSR count). The first-order valence-corrected chi connectivity index (χ1v) is 8.84. The zero-order chi connectivity index (χ0) is 19.9. The van der Waals surface area contributed by atoms with E-state index in [9.17, 15) is 14.4 Å². The van der Waals surface area contributed by atoms with Crippen LogP contribution in [0.25, 0.3) is 5.57 Å². The van der Waals surface area contributed by atoms with E-state index in [0.717, 1.165) is 5.56 Å². The largest absolute Gasteiger partial charge is 0.496 e. The molecule has 0 radical (unpaired) electrons. The van der Waals surface area contributed by atoms with Crippen molar-refractivity contribution in [2.75, 3.05) is 7.11 Å². The molecular formula is C22H19ClO4. The SMILES string of the molecule is COc1c(C=O)cc(C2=C(Cl)C(=O)c3ccccc3C2=O)cc1C(C)(C)C. The number of ketones is 2. The van der Waals surface area contributed by atoms with Crippen LogP contribution in [0.4, 0.5) is 0 Å². The van der Waals surface area contributed by atoms with Crippen molar-refractivity contribution in [2.45, 2.75) is 26.2 Å². The van der Waals surface area contributed by atoms with E-state index in [1.54, 1.807) is 30.3 Å². The van der Waals surface area contributed by atoms with Crippen molar-refractivity contribution in [3.8, 4) is 5.75 Å². The van der Waals surface area contributed by atoms with Gasteiger partial charge in [-0.05, 0) is 23.1 Å². The summed E-state index contributed by atoms with van der Waals surface area (Å²) in [6, 6.07) is 9.88. The highest BCUT2D eigenvalue weighted by Gasteiger charge is 2.33. The van der Waals surface area contributed by atoms with E-state index < -0.39 is 5.78 Å². The minimum Gasteiger partial charge on any atom is -0.496 e. The van der Waals surface area contributed by atoms with Gasteiger partial charge in [0.05, 0.1) is 18.2 Å². The monoisotopic (exact) mass is 382 g/mol. The van der Waals surface area contributed by atoms with Crippen molar-refractivity contribution in [1.29, 1.82) is 0 Å². The fraction of sp³-hybridized carbons (Fsp3) is 0.227. The molecule has 1 aliphatic carbocycles. The molecule has 0 heterocycles. The number of hydrogen-bond donors (Lipinski definition) is 0. The summed E-state index contributed by atoms with van der Waals surface area (Å²) in [6.45, 7) is 5.92. The summed E-state index contributed by atoms with van der Waals surface area (Å²) in [7, 11) is 1.50. The van der Waals surface area contributed by atoms with Gasteiger partial charge in [-0.25, -0.2) is 0 Å². The number of carbonyl (C=O) groups is 3. The summed E-state index contributed by atoms with van der Waals surface area (Å²) in [5, 5.41) is -0.138. The summed E-state index contributed by atoms with van der Waals surface area (Å²) in [6.07, 6.45) is 0.676. The molecule has 138 valence electrons. The Balaban J connectivity index is 2.31. The van der Waals surface area contributed by atoms with Crippen LogP contribution < -0.4 is 4.74 Å². The van der Waals surface area contributed by atoms with Gasteiger partial charge in [0.25, 0.3) is 0 Å². The molecule has 0 atom stereocenters. The van der Waals surface area contributed by atoms with Crippen LogP contribution in [0, 0.1) is 0 Å². The lowest BCUT2D eigenvalue weighted by Gasteiger charge is -2.25. The number of ether oxygens (including phenoxy) is 1. The Hall–Kier alpha value is -2.72. The highest BCUT2D eigenvalue weighted by atomic mass is 35.5. The van der Waals surface area contributed by atoms with E-state index in [2.05, 4.69) is 0 Å². The summed E-state index contributed by atoms with van der Waals surface area (Å²) in [5.74, 6) is -0.285. The molecule has 0 fully saturated rings. The molecule has 0 amide bonds. The predicted octanol–water partition coefficient (Wildman–Crippen LogP) is 4.83. The number of rotatable bonds is 3. The van der Waals surface area contributed by atoms with E-state index >= 15 is 0 Å². The summed E-state index contributed by atoms with van der Waals surface area (Å²) >= 11 is 6.32. The standard InChI is InChI=1S/C22H19ClO4/c1-22(2,3)16-10-12(9-13(11-24)21(16)27-4)17-18(23)20(26)15-8-6-5-7-14(15)19(17)25/h5-11H,1-4H3. The van der Waals surface area contributed by atoms with Crippen molar-refractivity contribution in [1.82, 2.24) is 0 Å². The maximum atomic E-state index is 13.1. The Morgan fingerprint density at radius 1 is 1.00 bits per heavy atom. The molecule has 4 nitrogen and oxygen atoms in total. The zero-order valence-electron chi connectivity index (χ0n) is 15.6. The molecule has 27 heavy (non-hydrogen) atoms. The quantitative estimate of drug-likeness (QED) is 0.713. The van der Waals surface area contributed by atoms with Crippen LogP contribution in [-0.4, -0.2) is 25.0 Å². The van der Waals surface area contributed by atoms with Crippen LogP contribution in [0.2, 0.25) is 0 Å². The van der Waals surface area contributed by atoms with Crippen molar-refractivity contribution >= 4 is 35.0 Å². The average molecular weight is 383 g/mol. The van der Waals surface area contributed by atoms with Gasteiger partial charge in [-0.1, -0.05) is 56.6 Å². The zero-order valence-corrected chi connectivity index (χ0v) is 16.3. The van der Waals surface area contributed by atoms with Crippen LogP contribution in [0.5, 0.6) is 5.75 Å².